The third-order valence-electron chi connectivity index (χ3n) is 6.08. The molecule has 0 radical (unpaired) electrons. The van der Waals surface area contributed by atoms with Crippen molar-refractivity contribution in [2.45, 2.75) is 32.6 Å². The first kappa shape index (κ1) is 17.3. The normalized spacial score (nSPS) is 17.8. The van der Waals surface area contributed by atoms with Crippen molar-refractivity contribution in [1.82, 2.24) is 4.98 Å². The van der Waals surface area contributed by atoms with Gasteiger partial charge in [-0.25, -0.2) is 0 Å². The van der Waals surface area contributed by atoms with Gasteiger partial charge in [0.25, 0.3) is 6.01 Å². The summed E-state index contributed by atoms with van der Waals surface area (Å²) >= 11 is 0. The van der Waals surface area contributed by atoms with Crippen molar-refractivity contribution in [3.05, 3.63) is 53.6 Å². The molecule has 0 bridgehead atoms. The van der Waals surface area contributed by atoms with Crippen molar-refractivity contribution in [2.75, 3.05) is 29.4 Å². The van der Waals surface area contributed by atoms with Crippen LogP contribution in [0.3, 0.4) is 0 Å². The molecule has 0 saturated carbocycles. The number of nitrogens with zero attached hydrogens (tertiary/aromatic N) is 3. The van der Waals surface area contributed by atoms with Gasteiger partial charge in [-0.3, -0.25) is 4.79 Å². The van der Waals surface area contributed by atoms with Gasteiger partial charge in [0.2, 0.25) is 5.91 Å². The first-order chi connectivity index (χ1) is 13.7. The fourth-order valence-corrected chi connectivity index (χ4v) is 4.60. The van der Waals surface area contributed by atoms with Crippen LogP contribution in [0.2, 0.25) is 0 Å². The number of anilines is 2. The van der Waals surface area contributed by atoms with Gasteiger partial charge in [-0.15, -0.1) is 0 Å². The maximum absolute atomic E-state index is 13.3. The second-order valence-electron chi connectivity index (χ2n) is 7.90. The van der Waals surface area contributed by atoms with E-state index in [4.69, 9.17) is 4.42 Å². The van der Waals surface area contributed by atoms with Crippen molar-refractivity contribution in [3.63, 3.8) is 0 Å². The summed E-state index contributed by atoms with van der Waals surface area (Å²) < 4.78 is 5.90. The van der Waals surface area contributed by atoms with Crippen molar-refractivity contribution in [3.8, 4) is 0 Å². The van der Waals surface area contributed by atoms with Crippen LogP contribution in [0, 0.1) is 12.8 Å². The number of amides is 1. The summed E-state index contributed by atoms with van der Waals surface area (Å²) in [4.78, 5) is 22.1. The number of fused-ring (bicyclic) bond motifs is 2. The van der Waals surface area contributed by atoms with E-state index in [9.17, 15) is 4.79 Å². The van der Waals surface area contributed by atoms with Crippen LogP contribution in [0.4, 0.5) is 11.7 Å². The Labute approximate surface area is 165 Å². The number of aryl methyl sites for hydroxylation is 2. The molecule has 0 spiro atoms. The van der Waals surface area contributed by atoms with Crippen molar-refractivity contribution in [2.24, 2.45) is 5.92 Å². The molecular weight excluding hydrogens is 350 g/mol. The van der Waals surface area contributed by atoms with E-state index in [0.717, 1.165) is 62.1 Å². The summed E-state index contributed by atoms with van der Waals surface area (Å²) in [5.41, 5.74) is 5.37. The number of carbonyl (C=O) groups excluding carboxylic acids is 1. The summed E-state index contributed by atoms with van der Waals surface area (Å²) in [5.74, 6) is 0.360. The highest BCUT2D eigenvalue weighted by Crippen LogP contribution is 2.34. The second kappa shape index (κ2) is 6.97. The fourth-order valence-electron chi connectivity index (χ4n) is 4.60. The number of hydrogen-bond acceptors (Lipinski definition) is 4. The van der Waals surface area contributed by atoms with E-state index in [0.29, 0.717) is 6.01 Å². The Bertz CT molecular complexity index is 985. The van der Waals surface area contributed by atoms with E-state index in [1.165, 1.54) is 11.1 Å². The zero-order valence-corrected chi connectivity index (χ0v) is 16.2. The number of aromatic nitrogens is 1. The van der Waals surface area contributed by atoms with Gasteiger partial charge in [-0.1, -0.05) is 30.3 Å². The van der Waals surface area contributed by atoms with Crippen LogP contribution in [0.15, 0.2) is 46.9 Å². The highest BCUT2D eigenvalue weighted by molar-refractivity contribution is 5.97. The summed E-state index contributed by atoms with van der Waals surface area (Å²) in [5, 5.41) is 0. The first-order valence-electron chi connectivity index (χ1n) is 10.2. The topological polar surface area (TPSA) is 49.6 Å². The lowest BCUT2D eigenvalue weighted by molar-refractivity contribution is -0.123. The third kappa shape index (κ3) is 2.95. The summed E-state index contributed by atoms with van der Waals surface area (Å²) in [7, 11) is 0. The molecule has 3 aromatic rings. The van der Waals surface area contributed by atoms with Gasteiger partial charge in [0.15, 0.2) is 5.58 Å². The average molecular weight is 375 g/mol. The van der Waals surface area contributed by atoms with E-state index < -0.39 is 0 Å². The third-order valence-corrected chi connectivity index (χ3v) is 6.08. The van der Waals surface area contributed by atoms with Gasteiger partial charge >= 0.3 is 0 Å². The van der Waals surface area contributed by atoms with Crippen LogP contribution < -0.4 is 9.80 Å². The number of piperidine rings is 1. The Balaban J connectivity index is 1.30. The number of rotatable bonds is 2. The average Bonchev–Trinajstić information content (AvgIpc) is 3.17. The molecule has 2 aliphatic heterocycles. The fraction of sp³-hybridized carbons (Fsp3) is 0.391. The lowest BCUT2D eigenvalue weighted by Crippen LogP contribution is -2.44. The zero-order valence-electron chi connectivity index (χ0n) is 16.2. The van der Waals surface area contributed by atoms with Crippen LogP contribution in [-0.2, 0) is 11.2 Å². The van der Waals surface area contributed by atoms with Crippen LogP contribution in [0.1, 0.15) is 30.4 Å². The molecule has 28 heavy (non-hydrogen) atoms. The largest absolute Gasteiger partial charge is 0.423 e. The van der Waals surface area contributed by atoms with Crippen LogP contribution in [0.25, 0.3) is 11.1 Å². The Morgan fingerprint density at radius 1 is 1.07 bits per heavy atom. The van der Waals surface area contributed by atoms with E-state index >= 15 is 0 Å². The lowest BCUT2D eigenvalue weighted by Gasteiger charge is -2.36. The predicted octanol–water partition coefficient (Wildman–Crippen LogP) is 4.33. The molecule has 0 atom stereocenters. The van der Waals surface area contributed by atoms with Gasteiger partial charge in [0.05, 0.1) is 0 Å². The number of hydrogen-bond donors (Lipinski definition) is 0. The molecule has 0 unspecified atom stereocenters. The molecule has 2 aliphatic rings. The molecule has 0 N–H and O–H groups in total. The summed E-state index contributed by atoms with van der Waals surface area (Å²) in [6.07, 6.45) is 3.80. The predicted molar refractivity (Wildman–Crippen MR) is 111 cm³/mol. The van der Waals surface area contributed by atoms with Crippen LogP contribution in [0.5, 0.6) is 0 Å². The Morgan fingerprint density at radius 2 is 1.89 bits per heavy atom. The van der Waals surface area contributed by atoms with Crippen molar-refractivity contribution in [1.29, 1.82) is 0 Å². The SMILES string of the molecule is Cc1cccc2c1N(C(=O)C1CCN(c3nc4ccccc4o3)CC1)CCC2. The maximum atomic E-state index is 13.3. The molecule has 1 amide bonds. The van der Waals surface area contributed by atoms with Gasteiger partial charge in [-0.05, 0) is 55.9 Å². The first-order valence-corrected chi connectivity index (χ1v) is 10.2. The number of carbonyl (C=O) groups is 1. The monoisotopic (exact) mass is 375 g/mol. The molecule has 2 aromatic carbocycles. The quantitative estimate of drug-likeness (QED) is 0.669. The molecule has 5 nitrogen and oxygen atoms in total. The zero-order chi connectivity index (χ0) is 19.1. The smallest absolute Gasteiger partial charge is 0.298 e. The van der Waals surface area contributed by atoms with Gasteiger partial charge in [-0.2, -0.15) is 4.98 Å². The highest BCUT2D eigenvalue weighted by Gasteiger charge is 2.33. The Morgan fingerprint density at radius 3 is 2.71 bits per heavy atom. The maximum Gasteiger partial charge on any atom is 0.298 e. The standard InChI is InChI=1S/C23H25N3O2/c1-16-6-4-7-17-8-5-13-26(21(16)17)22(27)18-11-14-25(15-12-18)23-24-19-9-2-3-10-20(19)28-23/h2-4,6-7,9-10,18H,5,8,11-15H2,1H3. The van der Waals surface area contributed by atoms with Gasteiger partial charge < -0.3 is 14.2 Å². The molecule has 1 fully saturated rings. The molecule has 144 valence electrons. The summed E-state index contributed by atoms with van der Waals surface area (Å²) in [6, 6.07) is 14.9. The van der Waals surface area contributed by atoms with Crippen molar-refractivity contribution >= 4 is 28.7 Å². The van der Waals surface area contributed by atoms with Crippen molar-refractivity contribution < 1.29 is 9.21 Å². The number of benzene rings is 2. The molecule has 1 saturated heterocycles. The molecule has 1 aromatic heterocycles. The van der Waals surface area contributed by atoms with Crippen LogP contribution >= 0.6 is 0 Å². The lowest BCUT2D eigenvalue weighted by atomic mass is 9.92. The van der Waals surface area contributed by atoms with E-state index in [1.807, 2.05) is 29.2 Å². The number of oxazole rings is 1. The molecule has 5 rings (SSSR count). The molecule has 0 aliphatic carbocycles. The van der Waals surface area contributed by atoms with Crippen LogP contribution in [-0.4, -0.2) is 30.5 Å². The minimum absolute atomic E-state index is 0.0752. The molecule has 3 heterocycles. The number of para-hydroxylation sites is 3. The Hall–Kier alpha value is -2.82. The van der Waals surface area contributed by atoms with Gasteiger partial charge in [0, 0.05) is 31.2 Å². The molecular formula is C23H25N3O2. The minimum atomic E-state index is 0.0752. The van der Waals surface area contributed by atoms with E-state index in [-0.39, 0.29) is 11.8 Å². The van der Waals surface area contributed by atoms with Gasteiger partial charge in [0.1, 0.15) is 5.52 Å². The van der Waals surface area contributed by atoms with E-state index in [2.05, 4.69) is 35.0 Å². The highest BCUT2D eigenvalue weighted by atomic mass is 16.4. The second-order valence-corrected chi connectivity index (χ2v) is 7.90. The summed E-state index contributed by atoms with van der Waals surface area (Å²) in [6.45, 7) is 4.55. The van der Waals surface area contributed by atoms with E-state index in [1.54, 1.807) is 0 Å². The molecule has 5 heteroatoms. The Kier molecular flexibility index (Phi) is 4.30. The minimum Gasteiger partial charge on any atom is -0.423 e.